The molecule has 1 aromatic rings. The first-order valence-electron chi connectivity index (χ1n) is 9.40. The number of amides is 2. The van der Waals surface area contributed by atoms with Crippen molar-refractivity contribution in [3.63, 3.8) is 0 Å². The molecule has 11 nitrogen and oxygen atoms in total. The fourth-order valence-electron chi connectivity index (χ4n) is 2.22. The number of nitrogens with one attached hydrogen (secondary N) is 2. The van der Waals surface area contributed by atoms with Gasteiger partial charge in [-0.1, -0.05) is 0 Å². The Balaban J connectivity index is 2.20. The molecule has 0 atom stereocenters. The van der Waals surface area contributed by atoms with Crippen LogP contribution in [0.5, 0.6) is 5.75 Å². The zero-order chi connectivity index (χ0) is 23.4. The largest absolute Gasteiger partial charge is 0.490 e. The van der Waals surface area contributed by atoms with Gasteiger partial charge in [0.25, 0.3) is 0 Å². The average Bonchev–Trinajstić information content (AvgIpc) is 2.67. The highest BCUT2D eigenvalue weighted by Gasteiger charge is 2.24. The van der Waals surface area contributed by atoms with Gasteiger partial charge in [-0.05, 0) is 38.1 Å². The third kappa shape index (κ3) is 10.8. The van der Waals surface area contributed by atoms with Crippen LogP contribution in [0.2, 0.25) is 0 Å². The summed E-state index contributed by atoms with van der Waals surface area (Å²) in [5.74, 6) is -3.29. The molecule has 1 rings (SSSR count). The topological polar surface area (TPSA) is 168 Å². The van der Waals surface area contributed by atoms with Crippen molar-refractivity contribution in [2.75, 3.05) is 26.3 Å². The standard InChI is InChI=1S/C20H26N2O9/c1-20(2,29)19(28)13-3-5-14(6-4-13)30-9-10-31-18(27)12-16(24)22-8-7-21-15(23)11-17(25)26/h3-6,29H,7-12H2,1-2H3,(H,21,23)(H,22,24)(H,25,26). The van der Waals surface area contributed by atoms with E-state index in [1.165, 1.54) is 26.0 Å². The van der Waals surface area contributed by atoms with E-state index in [0.29, 0.717) is 11.3 Å². The number of aliphatic carboxylic acids is 1. The number of aliphatic hydroxyl groups is 1. The lowest BCUT2D eigenvalue weighted by Gasteiger charge is -2.15. The molecule has 0 saturated heterocycles. The number of ketones is 1. The van der Waals surface area contributed by atoms with Crippen LogP contribution in [-0.4, -0.2) is 71.7 Å². The third-order valence-corrected chi connectivity index (χ3v) is 3.67. The van der Waals surface area contributed by atoms with Crippen LogP contribution in [0.1, 0.15) is 37.0 Å². The molecule has 0 heterocycles. The molecule has 0 radical (unpaired) electrons. The number of carbonyl (C=O) groups is 5. The zero-order valence-electron chi connectivity index (χ0n) is 17.3. The zero-order valence-corrected chi connectivity index (χ0v) is 17.3. The first kappa shape index (κ1) is 25.6. The van der Waals surface area contributed by atoms with Gasteiger partial charge in [-0.2, -0.15) is 0 Å². The summed E-state index contributed by atoms with van der Waals surface area (Å²) in [6.07, 6.45) is -1.18. The van der Waals surface area contributed by atoms with Gasteiger partial charge in [-0.15, -0.1) is 0 Å². The molecule has 2 amide bonds. The Labute approximate surface area is 178 Å². The van der Waals surface area contributed by atoms with Crippen LogP contribution in [0.3, 0.4) is 0 Å². The lowest BCUT2D eigenvalue weighted by atomic mass is 9.97. The number of hydrogen-bond acceptors (Lipinski definition) is 8. The van der Waals surface area contributed by atoms with Crippen LogP contribution in [0.25, 0.3) is 0 Å². The highest BCUT2D eigenvalue weighted by molar-refractivity contribution is 6.01. The highest BCUT2D eigenvalue weighted by atomic mass is 16.6. The van der Waals surface area contributed by atoms with Crippen LogP contribution >= 0.6 is 0 Å². The smallest absolute Gasteiger partial charge is 0.315 e. The molecule has 0 unspecified atom stereocenters. The van der Waals surface area contributed by atoms with E-state index >= 15 is 0 Å². The Kier molecular flexibility index (Phi) is 10.1. The molecule has 170 valence electrons. The van der Waals surface area contributed by atoms with Gasteiger partial charge in [-0.3, -0.25) is 24.0 Å². The number of carboxylic acids is 1. The number of ether oxygens (including phenoxy) is 2. The molecule has 0 bridgehead atoms. The second-order valence-electron chi connectivity index (χ2n) is 6.93. The Morgan fingerprint density at radius 1 is 0.903 bits per heavy atom. The monoisotopic (exact) mass is 438 g/mol. The van der Waals surface area contributed by atoms with Crippen molar-refractivity contribution in [2.45, 2.75) is 32.3 Å². The summed E-state index contributed by atoms with van der Waals surface area (Å²) < 4.78 is 10.3. The van der Waals surface area contributed by atoms with Gasteiger partial charge in [0.2, 0.25) is 11.8 Å². The molecule has 0 spiro atoms. The normalized spacial score (nSPS) is 10.7. The Hall–Kier alpha value is -3.47. The molecule has 0 aromatic heterocycles. The van der Waals surface area contributed by atoms with Gasteiger partial charge in [0, 0.05) is 18.7 Å². The Morgan fingerprint density at radius 2 is 1.45 bits per heavy atom. The number of rotatable bonds is 13. The lowest BCUT2D eigenvalue weighted by molar-refractivity contribution is -0.147. The SMILES string of the molecule is CC(C)(O)C(=O)c1ccc(OCCOC(=O)CC(=O)NCCNC(=O)CC(=O)O)cc1. The number of Topliss-reactive ketones (excluding diaryl/α,β-unsaturated/α-hetero) is 1. The summed E-state index contributed by atoms with van der Waals surface area (Å²) in [4.78, 5) is 56.5. The maximum atomic E-state index is 11.9. The molecule has 4 N–H and O–H groups in total. The second-order valence-corrected chi connectivity index (χ2v) is 6.93. The van der Waals surface area contributed by atoms with E-state index in [1.54, 1.807) is 12.1 Å². The summed E-state index contributed by atoms with van der Waals surface area (Å²) in [7, 11) is 0. The predicted octanol–water partition coefficient (Wildman–Crippen LogP) is -0.341. The quantitative estimate of drug-likeness (QED) is 0.139. The van der Waals surface area contributed by atoms with Crippen molar-refractivity contribution in [3.8, 4) is 5.75 Å². The molecule has 31 heavy (non-hydrogen) atoms. The maximum absolute atomic E-state index is 11.9. The summed E-state index contributed by atoms with van der Waals surface area (Å²) in [5, 5.41) is 22.8. The van der Waals surface area contributed by atoms with Crippen LogP contribution < -0.4 is 15.4 Å². The number of carbonyl (C=O) groups excluding carboxylic acids is 4. The van der Waals surface area contributed by atoms with Gasteiger partial charge in [-0.25, -0.2) is 0 Å². The van der Waals surface area contributed by atoms with E-state index in [1.807, 2.05) is 0 Å². The summed E-state index contributed by atoms with van der Waals surface area (Å²) in [6, 6.07) is 6.11. The molecular weight excluding hydrogens is 412 g/mol. The molecule has 1 aromatic carbocycles. The van der Waals surface area contributed by atoms with E-state index in [4.69, 9.17) is 14.6 Å². The number of hydrogen-bond donors (Lipinski definition) is 4. The number of benzene rings is 1. The maximum Gasteiger partial charge on any atom is 0.315 e. The van der Waals surface area contributed by atoms with E-state index in [2.05, 4.69) is 10.6 Å². The molecule has 0 saturated carbocycles. The van der Waals surface area contributed by atoms with Crippen LogP contribution in [0.4, 0.5) is 0 Å². The highest BCUT2D eigenvalue weighted by Crippen LogP contribution is 2.17. The van der Waals surface area contributed by atoms with Crippen molar-refractivity contribution < 1.29 is 43.7 Å². The fourth-order valence-corrected chi connectivity index (χ4v) is 2.22. The molecule has 0 aliphatic rings. The molecule has 11 heteroatoms. The minimum atomic E-state index is -1.48. The Morgan fingerprint density at radius 3 is 1.97 bits per heavy atom. The second kappa shape index (κ2) is 12.3. The van der Waals surface area contributed by atoms with E-state index < -0.39 is 48.0 Å². The first-order chi connectivity index (χ1) is 14.5. The van der Waals surface area contributed by atoms with E-state index in [0.717, 1.165) is 0 Å². The molecule has 0 fully saturated rings. The van der Waals surface area contributed by atoms with Gasteiger partial charge < -0.3 is 30.3 Å². The van der Waals surface area contributed by atoms with Crippen molar-refractivity contribution in [3.05, 3.63) is 29.8 Å². The van der Waals surface area contributed by atoms with Crippen LogP contribution in [0, 0.1) is 0 Å². The van der Waals surface area contributed by atoms with E-state index in [-0.39, 0.29) is 26.3 Å². The summed E-state index contributed by atoms with van der Waals surface area (Å²) in [5.41, 5.74) is -1.14. The minimum Gasteiger partial charge on any atom is -0.490 e. The number of carboxylic acid groups (broad SMARTS) is 1. The van der Waals surface area contributed by atoms with Crippen molar-refractivity contribution in [2.24, 2.45) is 0 Å². The predicted molar refractivity (Wildman–Crippen MR) is 106 cm³/mol. The van der Waals surface area contributed by atoms with Gasteiger partial charge in [0.15, 0.2) is 5.78 Å². The molecule has 0 aliphatic carbocycles. The Bertz CT molecular complexity index is 798. The van der Waals surface area contributed by atoms with Gasteiger partial charge in [0.1, 0.15) is 37.4 Å². The van der Waals surface area contributed by atoms with Gasteiger partial charge >= 0.3 is 11.9 Å². The fraction of sp³-hybridized carbons (Fsp3) is 0.450. The molecular formula is C20H26N2O9. The summed E-state index contributed by atoms with van der Waals surface area (Å²) >= 11 is 0. The van der Waals surface area contributed by atoms with Crippen LogP contribution in [-0.2, 0) is 23.9 Å². The van der Waals surface area contributed by atoms with Crippen molar-refractivity contribution in [1.82, 2.24) is 10.6 Å². The van der Waals surface area contributed by atoms with Crippen LogP contribution in [0.15, 0.2) is 24.3 Å². The van der Waals surface area contributed by atoms with Crippen molar-refractivity contribution >= 4 is 29.5 Å². The average molecular weight is 438 g/mol. The number of esters is 1. The first-order valence-corrected chi connectivity index (χ1v) is 9.40. The molecule has 0 aliphatic heterocycles. The van der Waals surface area contributed by atoms with Crippen molar-refractivity contribution in [1.29, 1.82) is 0 Å². The minimum absolute atomic E-state index is 0.0287. The van der Waals surface area contributed by atoms with Gasteiger partial charge in [0.05, 0.1) is 0 Å². The van der Waals surface area contributed by atoms with E-state index in [9.17, 15) is 29.1 Å². The summed E-state index contributed by atoms with van der Waals surface area (Å²) in [6.45, 7) is 2.79. The lowest BCUT2D eigenvalue weighted by Crippen LogP contribution is -2.36. The third-order valence-electron chi connectivity index (χ3n) is 3.67.